The largest absolute Gasteiger partial charge is 0.444 e. The zero-order chi connectivity index (χ0) is 14.5. The highest BCUT2D eigenvalue weighted by atomic mass is 16.5. The first-order valence-electron chi connectivity index (χ1n) is 6.33. The van der Waals surface area contributed by atoms with E-state index in [1.807, 2.05) is 27.0 Å². The van der Waals surface area contributed by atoms with Crippen molar-refractivity contribution in [3.05, 3.63) is 29.2 Å². The molecule has 20 heavy (non-hydrogen) atoms. The molecule has 0 saturated carbocycles. The fourth-order valence-electron chi connectivity index (χ4n) is 1.69. The Bertz CT molecular complexity index is 563. The molecular weight excluding hydrogens is 258 g/mol. The van der Waals surface area contributed by atoms with Gasteiger partial charge in [-0.2, -0.15) is 0 Å². The van der Waals surface area contributed by atoms with Gasteiger partial charge in [0, 0.05) is 20.2 Å². The summed E-state index contributed by atoms with van der Waals surface area (Å²) in [7, 11) is 3.42. The van der Waals surface area contributed by atoms with E-state index < -0.39 is 0 Å². The maximum absolute atomic E-state index is 5.51. The van der Waals surface area contributed by atoms with Crippen LogP contribution in [0.1, 0.15) is 23.2 Å². The Morgan fingerprint density at radius 2 is 1.95 bits per heavy atom. The molecule has 7 heteroatoms. The molecule has 0 aliphatic heterocycles. The molecule has 0 aliphatic carbocycles. The molecule has 0 bridgehead atoms. The van der Waals surface area contributed by atoms with Crippen LogP contribution in [0.2, 0.25) is 0 Å². The van der Waals surface area contributed by atoms with Gasteiger partial charge in [-0.15, -0.1) is 0 Å². The SMILES string of the molecule is CNc1cc(NCc2nc(C)c(C)o2)nc(COC)n1. The van der Waals surface area contributed by atoms with E-state index in [1.165, 1.54) is 0 Å². The molecule has 0 aromatic carbocycles. The number of hydrogen-bond acceptors (Lipinski definition) is 7. The molecule has 2 N–H and O–H groups in total. The summed E-state index contributed by atoms with van der Waals surface area (Å²) in [6, 6.07) is 1.82. The van der Waals surface area contributed by atoms with Crippen molar-refractivity contribution in [2.45, 2.75) is 27.0 Å². The lowest BCUT2D eigenvalue weighted by Gasteiger charge is -2.08. The van der Waals surface area contributed by atoms with E-state index in [2.05, 4.69) is 25.6 Å². The molecule has 7 nitrogen and oxygen atoms in total. The molecule has 2 aromatic heterocycles. The summed E-state index contributed by atoms with van der Waals surface area (Å²) in [4.78, 5) is 13.0. The average Bonchev–Trinajstić information content (AvgIpc) is 2.76. The Kier molecular flexibility index (Phi) is 4.52. The molecule has 2 rings (SSSR count). The summed E-state index contributed by atoms with van der Waals surface area (Å²) in [5.74, 6) is 3.51. The fraction of sp³-hybridized carbons (Fsp3) is 0.462. The Balaban J connectivity index is 2.09. The van der Waals surface area contributed by atoms with Crippen LogP contribution in [-0.4, -0.2) is 29.1 Å². The number of methoxy groups -OCH3 is 1. The second-order valence-corrected chi connectivity index (χ2v) is 4.34. The molecule has 0 unspecified atom stereocenters. The predicted octanol–water partition coefficient (Wildman–Crippen LogP) is 1.88. The Labute approximate surface area is 117 Å². The minimum Gasteiger partial charge on any atom is -0.444 e. The third-order valence-corrected chi connectivity index (χ3v) is 2.80. The summed E-state index contributed by atoms with van der Waals surface area (Å²) >= 11 is 0. The summed E-state index contributed by atoms with van der Waals surface area (Å²) in [5.41, 5.74) is 0.903. The highest BCUT2D eigenvalue weighted by molar-refractivity contribution is 5.47. The number of aryl methyl sites for hydroxylation is 2. The van der Waals surface area contributed by atoms with E-state index in [9.17, 15) is 0 Å². The summed E-state index contributed by atoms with van der Waals surface area (Å²) in [6.45, 7) is 4.65. The minimum atomic E-state index is 0.363. The van der Waals surface area contributed by atoms with Gasteiger partial charge in [0.05, 0.1) is 12.2 Å². The van der Waals surface area contributed by atoms with Gasteiger partial charge < -0.3 is 19.8 Å². The summed E-state index contributed by atoms with van der Waals surface area (Å²) in [6.07, 6.45) is 0. The van der Waals surface area contributed by atoms with Gasteiger partial charge in [0.2, 0.25) is 5.89 Å². The number of rotatable bonds is 6. The maximum Gasteiger partial charge on any atom is 0.213 e. The number of nitrogens with one attached hydrogen (secondary N) is 2. The molecule has 2 heterocycles. The van der Waals surface area contributed by atoms with Crippen LogP contribution in [0.15, 0.2) is 10.5 Å². The molecule has 108 valence electrons. The quantitative estimate of drug-likeness (QED) is 0.833. The number of oxazole rings is 1. The van der Waals surface area contributed by atoms with Crippen LogP contribution in [0.5, 0.6) is 0 Å². The Morgan fingerprint density at radius 3 is 2.55 bits per heavy atom. The van der Waals surface area contributed by atoms with Crippen molar-refractivity contribution in [1.82, 2.24) is 15.0 Å². The molecule has 0 amide bonds. The number of nitrogens with zero attached hydrogens (tertiary/aromatic N) is 3. The molecule has 0 radical (unpaired) electrons. The smallest absolute Gasteiger partial charge is 0.213 e. The maximum atomic E-state index is 5.51. The van der Waals surface area contributed by atoms with Crippen molar-refractivity contribution in [3.8, 4) is 0 Å². The highest BCUT2D eigenvalue weighted by Gasteiger charge is 2.07. The van der Waals surface area contributed by atoms with Gasteiger partial charge in [0.1, 0.15) is 24.0 Å². The zero-order valence-corrected chi connectivity index (χ0v) is 12.1. The lowest BCUT2D eigenvalue weighted by Crippen LogP contribution is -2.07. The van der Waals surface area contributed by atoms with Crippen molar-refractivity contribution in [3.63, 3.8) is 0 Å². The Morgan fingerprint density at radius 1 is 1.20 bits per heavy atom. The van der Waals surface area contributed by atoms with Crippen LogP contribution in [0.4, 0.5) is 11.6 Å². The molecule has 2 aromatic rings. The van der Waals surface area contributed by atoms with Gasteiger partial charge in [0.15, 0.2) is 5.82 Å². The minimum absolute atomic E-state index is 0.363. The molecule has 0 aliphatic rings. The van der Waals surface area contributed by atoms with Crippen LogP contribution >= 0.6 is 0 Å². The van der Waals surface area contributed by atoms with Crippen molar-refractivity contribution >= 4 is 11.6 Å². The number of ether oxygens (including phenoxy) is 1. The van der Waals surface area contributed by atoms with Crippen LogP contribution < -0.4 is 10.6 Å². The molecule has 0 saturated heterocycles. The first-order chi connectivity index (χ1) is 9.62. The third-order valence-electron chi connectivity index (χ3n) is 2.80. The van der Waals surface area contributed by atoms with Gasteiger partial charge in [0.25, 0.3) is 0 Å². The monoisotopic (exact) mass is 277 g/mol. The predicted molar refractivity (Wildman–Crippen MR) is 75.6 cm³/mol. The van der Waals surface area contributed by atoms with E-state index >= 15 is 0 Å². The van der Waals surface area contributed by atoms with Crippen LogP contribution in [0, 0.1) is 13.8 Å². The van der Waals surface area contributed by atoms with Crippen LogP contribution in [0.25, 0.3) is 0 Å². The van der Waals surface area contributed by atoms with Crippen molar-refractivity contribution < 1.29 is 9.15 Å². The van der Waals surface area contributed by atoms with E-state index in [1.54, 1.807) is 7.11 Å². The number of hydrogen-bond donors (Lipinski definition) is 2. The number of aromatic nitrogens is 3. The van der Waals surface area contributed by atoms with Crippen molar-refractivity contribution in [2.75, 3.05) is 24.8 Å². The highest BCUT2D eigenvalue weighted by Crippen LogP contribution is 2.14. The lowest BCUT2D eigenvalue weighted by molar-refractivity contribution is 0.178. The van der Waals surface area contributed by atoms with E-state index in [0.29, 0.717) is 30.7 Å². The van der Waals surface area contributed by atoms with Gasteiger partial charge in [-0.3, -0.25) is 0 Å². The molecule has 0 atom stereocenters. The topological polar surface area (TPSA) is 85.1 Å². The van der Waals surface area contributed by atoms with E-state index in [0.717, 1.165) is 17.3 Å². The normalized spacial score (nSPS) is 10.6. The summed E-state index contributed by atoms with van der Waals surface area (Å²) in [5, 5.41) is 6.16. The van der Waals surface area contributed by atoms with Crippen molar-refractivity contribution in [1.29, 1.82) is 0 Å². The van der Waals surface area contributed by atoms with Gasteiger partial charge in [-0.25, -0.2) is 15.0 Å². The van der Waals surface area contributed by atoms with E-state index in [-0.39, 0.29) is 0 Å². The second kappa shape index (κ2) is 6.33. The van der Waals surface area contributed by atoms with E-state index in [4.69, 9.17) is 9.15 Å². The molecule has 0 fully saturated rings. The Hall–Kier alpha value is -2.15. The third kappa shape index (κ3) is 3.45. The van der Waals surface area contributed by atoms with Crippen LogP contribution in [-0.2, 0) is 17.9 Å². The van der Waals surface area contributed by atoms with Crippen molar-refractivity contribution in [2.24, 2.45) is 0 Å². The van der Waals surface area contributed by atoms with Crippen LogP contribution in [0.3, 0.4) is 0 Å². The molecular formula is C13H19N5O2. The first kappa shape index (κ1) is 14.3. The first-order valence-corrected chi connectivity index (χ1v) is 6.33. The number of anilines is 2. The zero-order valence-electron chi connectivity index (χ0n) is 12.1. The van der Waals surface area contributed by atoms with Gasteiger partial charge in [-0.05, 0) is 13.8 Å². The lowest BCUT2D eigenvalue weighted by atomic mass is 10.4. The fourth-order valence-corrected chi connectivity index (χ4v) is 1.69. The molecule has 0 spiro atoms. The second-order valence-electron chi connectivity index (χ2n) is 4.34. The average molecular weight is 277 g/mol. The van der Waals surface area contributed by atoms with Gasteiger partial charge in [-0.1, -0.05) is 0 Å². The van der Waals surface area contributed by atoms with Gasteiger partial charge >= 0.3 is 0 Å². The standard InChI is InChI=1S/C13H19N5O2/c1-8-9(2)20-13(16-8)6-15-11-5-10(14-3)17-12(18-11)7-19-4/h5H,6-7H2,1-4H3,(H2,14,15,17,18). The summed E-state index contributed by atoms with van der Waals surface area (Å²) < 4.78 is 10.6.